The number of hydrogen-bond acceptors (Lipinski definition) is 4. The zero-order valence-electron chi connectivity index (χ0n) is 15.1. The van der Waals surface area contributed by atoms with Crippen LogP contribution < -0.4 is 10.6 Å². The van der Waals surface area contributed by atoms with Gasteiger partial charge in [-0.15, -0.1) is 0 Å². The minimum Gasteiger partial charge on any atom is -0.350 e. The van der Waals surface area contributed by atoms with Crippen LogP contribution in [0.5, 0.6) is 0 Å². The normalized spacial score (nSPS) is 23.3. The van der Waals surface area contributed by atoms with Crippen LogP contribution in [0.2, 0.25) is 0 Å². The molecule has 3 rings (SSSR count). The fourth-order valence-electron chi connectivity index (χ4n) is 3.79. The Hall–Kier alpha value is -2.41. The molecular formula is C19H26N4O3. The second-order valence-electron chi connectivity index (χ2n) is 7.11. The van der Waals surface area contributed by atoms with Gasteiger partial charge in [0.2, 0.25) is 11.8 Å². The molecule has 140 valence electrons. The predicted molar refractivity (Wildman–Crippen MR) is 97.2 cm³/mol. The van der Waals surface area contributed by atoms with Crippen molar-refractivity contribution in [1.29, 1.82) is 0 Å². The number of nitrogens with one attached hydrogen (secondary N) is 2. The maximum Gasteiger partial charge on any atom is 0.325 e. The molecule has 0 spiro atoms. The molecule has 2 atom stereocenters. The summed E-state index contributed by atoms with van der Waals surface area (Å²) in [5, 5.41) is 5.27. The van der Waals surface area contributed by atoms with Crippen molar-refractivity contribution >= 4 is 17.8 Å². The van der Waals surface area contributed by atoms with E-state index in [0.717, 1.165) is 32.5 Å². The Labute approximate surface area is 153 Å². The highest BCUT2D eigenvalue weighted by atomic mass is 16.2. The van der Waals surface area contributed by atoms with Crippen LogP contribution in [0, 0.1) is 5.92 Å². The number of carbonyl (C=O) groups excluding carboxylic acids is 3. The van der Waals surface area contributed by atoms with Gasteiger partial charge in [-0.05, 0) is 17.9 Å². The lowest BCUT2D eigenvalue weighted by Crippen LogP contribution is -2.46. The standard InChI is InChI=1S/C19H26N4O3/c1-2-6-15-10-22(9-14-7-4-3-5-8-14)11-16(15)20-17(24)12-23-13-18(25)21-19(23)26/h3-5,7-8,15-16H,2,6,9-13H2,1H3,(H,20,24)(H,21,25,26)/t15-,16-/m1/s1. The van der Waals surface area contributed by atoms with Gasteiger partial charge in [-0.3, -0.25) is 19.8 Å². The largest absolute Gasteiger partial charge is 0.350 e. The predicted octanol–water partition coefficient (Wildman–Crippen LogP) is 0.955. The van der Waals surface area contributed by atoms with Gasteiger partial charge in [0.15, 0.2) is 0 Å². The monoisotopic (exact) mass is 358 g/mol. The molecule has 2 aliphatic rings. The molecule has 4 amide bonds. The third-order valence-corrected chi connectivity index (χ3v) is 4.97. The van der Waals surface area contributed by atoms with Gasteiger partial charge in [0.1, 0.15) is 13.1 Å². The van der Waals surface area contributed by atoms with Crippen molar-refractivity contribution < 1.29 is 14.4 Å². The number of urea groups is 1. The van der Waals surface area contributed by atoms with Crippen molar-refractivity contribution in [2.24, 2.45) is 5.92 Å². The van der Waals surface area contributed by atoms with E-state index in [1.54, 1.807) is 0 Å². The van der Waals surface area contributed by atoms with Gasteiger partial charge >= 0.3 is 6.03 Å². The van der Waals surface area contributed by atoms with E-state index >= 15 is 0 Å². The highest BCUT2D eigenvalue weighted by molar-refractivity contribution is 6.03. The lowest BCUT2D eigenvalue weighted by molar-refractivity contribution is -0.122. The highest BCUT2D eigenvalue weighted by Gasteiger charge is 2.34. The van der Waals surface area contributed by atoms with E-state index in [4.69, 9.17) is 0 Å². The number of imide groups is 1. The van der Waals surface area contributed by atoms with Crippen LogP contribution >= 0.6 is 0 Å². The second kappa shape index (κ2) is 8.31. The quantitative estimate of drug-likeness (QED) is 0.711. The molecule has 0 aliphatic carbocycles. The Morgan fingerprint density at radius 2 is 2.00 bits per heavy atom. The Morgan fingerprint density at radius 3 is 2.65 bits per heavy atom. The number of likely N-dealkylation sites (tertiary alicyclic amines) is 1. The summed E-state index contributed by atoms with van der Waals surface area (Å²) in [6, 6.07) is 9.90. The maximum absolute atomic E-state index is 12.4. The molecule has 0 unspecified atom stereocenters. The van der Waals surface area contributed by atoms with Crippen molar-refractivity contribution in [2.45, 2.75) is 32.4 Å². The summed E-state index contributed by atoms with van der Waals surface area (Å²) in [4.78, 5) is 38.8. The maximum atomic E-state index is 12.4. The van der Waals surface area contributed by atoms with Crippen molar-refractivity contribution in [2.75, 3.05) is 26.2 Å². The average Bonchev–Trinajstić information content (AvgIpc) is 3.11. The molecule has 7 heteroatoms. The van der Waals surface area contributed by atoms with Crippen LogP contribution in [-0.2, 0) is 16.1 Å². The average molecular weight is 358 g/mol. The first-order chi connectivity index (χ1) is 12.5. The highest BCUT2D eigenvalue weighted by Crippen LogP contribution is 2.23. The molecule has 7 nitrogen and oxygen atoms in total. The van der Waals surface area contributed by atoms with Crippen LogP contribution in [0.25, 0.3) is 0 Å². The van der Waals surface area contributed by atoms with Crippen LogP contribution in [0.4, 0.5) is 4.79 Å². The Morgan fingerprint density at radius 1 is 1.23 bits per heavy atom. The molecule has 0 aromatic heterocycles. The van der Waals surface area contributed by atoms with E-state index in [1.165, 1.54) is 10.5 Å². The van der Waals surface area contributed by atoms with Crippen molar-refractivity contribution in [3.05, 3.63) is 35.9 Å². The smallest absolute Gasteiger partial charge is 0.325 e. The molecule has 2 aliphatic heterocycles. The first-order valence-corrected chi connectivity index (χ1v) is 9.19. The lowest BCUT2D eigenvalue weighted by Gasteiger charge is -2.21. The number of benzene rings is 1. The Balaban J connectivity index is 1.55. The van der Waals surface area contributed by atoms with Gasteiger partial charge in [0, 0.05) is 25.7 Å². The van der Waals surface area contributed by atoms with E-state index in [0.29, 0.717) is 5.92 Å². The number of amides is 4. The summed E-state index contributed by atoms with van der Waals surface area (Å²) in [6.07, 6.45) is 2.12. The van der Waals surface area contributed by atoms with Crippen LogP contribution in [0.3, 0.4) is 0 Å². The minimum atomic E-state index is -0.493. The summed E-state index contributed by atoms with van der Waals surface area (Å²) in [5.41, 5.74) is 1.27. The number of hydrogen-bond donors (Lipinski definition) is 2. The van der Waals surface area contributed by atoms with E-state index in [1.807, 2.05) is 18.2 Å². The van der Waals surface area contributed by atoms with E-state index in [-0.39, 0.29) is 30.9 Å². The molecule has 2 fully saturated rings. The summed E-state index contributed by atoms with van der Waals surface area (Å²) in [7, 11) is 0. The second-order valence-corrected chi connectivity index (χ2v) is 7.11. The molecule has 2 saturated heterocycles. The molecule has 0 saturated carbocycles. The van der Waals surface area contributed by atoms with Crippen molar-refractivity contribution in [3.63, 3.8) is 0 Å². The SMILES string of the molecule is CCC[C@@H]1CN(Cc2ccccc2)C[C@H]1NC(=O)CN1CC(=O)NC1=O. The van der Waals surface area contributed by atoms with Crippen LogP contribution in [0.15, 0.2) is 30.3 Å². The molecule has 26 heavy (non-hydrogen) atoms. The van der Waals surface area contributed by atoms with Crippen molar-refractivity contribution in [1.82, 2.24) is 20.4 Å². The third kappa shape index (κ3) is 4.60. The fraction of sp³-hybridized carbons (Fsp3) is 0.526. The Kier molecular flexibility index (Phi) is 5.88. The lowest BCUT2D eigenvalue weighted by atomic mass is 9.98. The molecule has 0 radical (unpaired) electrons. The molecule has 1 aromatic carbocycles. The van der Waals surface area contributed by atoms with Crippen LogP contribution in [-0.4, -0.2) is 59.9 Å². The zero-order valence-corrected chi connectivity index (χ0v) is 15.1. The van der Waals surface area contributed by atoms with E-state index in [9.17, 15) is 14.4 Å². The zero-order chi connectivity index (χ0) is 18.5. The Bertz CT molecular complexity index is 664. The first kappa shape index (κ1) is 18.4. The summed E-state index contributed by atoms with van der Waals surface area (Å²) in [5.74, 6) is -0.161. The number of carbonyl (C=O) groups is 3. The molecule has 1 aromatic rings. The summed E-state index contributed by atoms with van der Waals surface area (Å²) >= 11 is 0. The van der Waals surface area contributed by atoms with Gasteiger partial charge in [0.25, 0.3) is 0 Å². The summed E-state index contributed by atoms with van der Waals surface area (Å²) < 4.78 is 0. The number of rotatable bonds is 7. The number of nitrogens with zero attached hydrogens (tertiary/aromatic N) is 2. The van der Waals surface area contributed by atoms with Gasteiger partial charge in [-0.2, -0.15) is 0 Å². The molecular weight excluding hydrogens is 332 g/mol. The topological polar surface area (TPSA) is 81.8 Å². The van der Waals surface area contributed by atoms with Crippen LogP contribution in [0.1, 0.15) is 25.3 Å². The molecule has 2 N–H and O–H groups in total. The minimum absolute atomic E-state index is 0.0462. The first-order valence-electron chi connectivity index (χ1n) is 9.19. The third-order valence-electron chi connectivity index (χ3n) is 4.97. The van der Waals surface area contributed by atoms with E-state index in [2.05, 4.69) is 34.6 Å². The molecule has 2 heterocycles. The van der Waals surface area contributed by atoms with E-state index < -0.39 is 6.03 Å². The molecule has 0 bridgehead atoms. The fourth-order valence-corrected chi connectivity index (χ4v) is 3.79. The van der Waals surface area contributed by atoms with Crippen molar-refractivity contribution in [3.8, 4) is 0 Å². The summed E-state index contributed by atoms with van der Waals surface area (Å²) in [6.45, 7) is 4.66. The van der Waals surface area contributed by atoms with Gasteiger partial charge < -0.3 is 10.2 Å². The van der Waals surface area contributed by atoms with Gasteiger partial charge in [-0.25, -0.2) is 4.79 Å². The van der Waals surface area contributed by atoms with Gasteiger partial charge in [-0.1, -0.05) is 43.7 Å². The van der Waals surface area contributed by atoms with Gasteiger partial charge in [0.05, 0.1) is 0 Å².